The molecule has 0 aliphatic carbocycles. The van der Waals surface area contributed by atoms with Gasteiger partial charge in [-0.25, -0.2) is 4.31 Å². The number of hydrogen-bond donors (Lipinski definition) is 0. The van der Waals surface area contributed by atoms with Crippen LogP contribution >= 0.6 is 18.0 Å². The highest BCUT2D eigenvalue weighted by atomic mass is 32.7. The largest absolute Gasteiger partial charge is 0.217 e. The van der Waals surface area contributed by atoms with Crippen LogP contribution in [0.25, 0.3) is 0 Å². The van der Waals surface area contributed by atoms with Crippen molar-refractivity contribution in [3.05, 3.63) is 0 Å². The van der Waals surface area contributed by atoms with E-state index in [1.54, 1.807) is 12.3 Å². The Balaban J connectivity index is 1.87. The Morgan fingerprint density at radius 2 is 1.81 bits per heavy atom. The van der Waals surface area contributed by atoms with Gasteiger partial charge in [-0.1, -0.05) is 27.2 Å². The van der Waals surface area contributed by atoms with Crippen molar-refractivity contribution >= 4 is 18.0 Å². The summed E-state index contributed by atoms with van der Waals surface area (Å²) in [5.41, 5.74) is 0. The average molecular weight is 260 g/mol. The van der Waals surface area contributed by atoms with Crippen LogP contribution < -0.4 is 0 Å². The van der Waals surface area contributed by atoms with Gasteiger partial charge in [0.25, 0.3) is 0 Å². The zero-order valence-corrected chi connectivity index (χ0v) is 12.8. The second-order valence-corrected chi connectivity index (χ2v) is 12.9. The van der Waals surface area contributed by atoms with Gasteiger partial charge in [-0.3, -0.25) is 0 Å². The van der Waals surface area contributed by atoms with Gasteiger partial charge in [0.2, 0.25) is 0 Å². The normalized spacial score (nSPS) is 36.4. The molecule has 0 N–H and O–H groups in total. The number of hydrogen-bond acceptors (Lipinski definition) is 2. The molecule has 0 spiro atoms. The SMILES string of the molecule is CC(C)C[P+]1(SN2CCCCC2)CC(C)C1. The molecule has 0 aromatic rings. The minimum absolute atomic E-state index is 0.608. The van der Waals surface area contributed by atoms with Gasteiger partial charge in [0.05, 0.1) is 25.0 Å². The summed E-state index contributed by atoms with van der Waals surface area (Å²) in [6, 6.07) is 0. The second-order valence-electron chi connectivity index (χ2n) is 6.18. The van der Waals surface area contributed by atoms with Gasteiger partial charge in [0.1, 0.15) is 11.6 Å². The molecule has 0 saturated carbocycles. The fraction of sp³-hybridized carbons (Fsp3) is 1.00. The summed E-state index contributed by atoms with van der Waals surface area (Å²) >= 11 is 2.33. The fourth-order valence-corrected chi connectivity index (χ4v) is 13.1. The van der Waals surface area contributed by atoms with E-state index in [0.717, 1.165) is 11.8 Å². The van der Waals surface area contributed by atoms with Crippen LogP contribution in [0, 0.1) is 11.8 Å². The van der Waals surface area contributed by atoms with E-state index in [1.165, 1.54) is 38.5 Å². The van der Waals surface area contributed by atoms with Crippen LogP contribution in [-0.4, -0.2) is 35.9 Å². The number of rotatable bonds is 4. The quantitative estimate of drug-likeness (QED) is 0.546. The van der Waals surface area contributed by atoms with Crippen LogP contribution in [0.2, 0.25) is 0 Å². The van der Waals surface area contributed by atoms with Gasteiger partial charge in [0.15, 0.2) is 0 Å². The molecule has 0 aromatic carbocycles. The molecule has 0 amide bonds. The second kappa shape index (κ2) is 5.59. The first kappa shape index (κ1) is 13.2. The Kier molecular flexibility index (Phi) is 4.60. The molecule has 16 heavy (non-hydrogen) atoms. The molecule has 2 aliphatic rings. The third kappa shape index (κ3) is 3.37. The maximum Gasteiger partial charge on any atom is 0.104 e. The topological polar surface area (TPSA) is 3.24 Å². The maximum atomic E-state index is 2.71. The summed E-state index contributed by atoms with van der Waals surface area (Å²) < 4.78 is 2.71. The molecule has 94 valence electrons. The minimum atomic E-state index is -0.608. The zero-order valence-electron chi connectivity index (χ0n) is 11.1. The lowest BCUT2D eigenvalue weighted by Gasteiger charge is -2.41. The van der Waals surface area contributed by atoms with Gasteiger partial charge < -0.3 is 0 Å². The maximum absolute atomic E-state index is 2.71. The van der Waals surface area contributed by atoms with Crippen LogP contribution in [0.5, 0.6) is 0 Å². The van der Waals surface area contributed by atoms with Crippen molar-refractivity contribution in [1.82, 2.24) is 4.31 Å². The van der Waals surface area contributed by atoms with Crippen LogP contribution in [0.1, 0.15) is 40.0 Å². The Bertz CT molecular complexity index is 220. The lowest BCUT2D eigenvalue weighted by atomic mass is 10.2. The van der Waals surface area contributed by atoms with Crippen molar-refractivity contribution in [1.29, 1.82) is 0 Å². The van der Waals surface area contributed by atoms with E-state index in [-0.39, 0.29) is 0 Å². The lowest BCUT2D eigenvalue weighted by Crippen LogP contribution is -2.32. The molecule has 0 atom stereocenters. The Labute approximate surface area is 106 Å². The summed E-state index contributed by atoms with van der Waals surface area (Å²) in [6.45, 7) is 9.36. The standard InChI is InChI=1S/C13H27NPS/c1-12(2)9-15(10-13(3)11-15)16-14-7-5-4-6-8-14/h12-13H,4-11H2,1-3H3/q+1. The first-order valence-corrected chi connectivity index (χ1v) is 10.6. The van der Waals surface area contributed by atoms with Gasteiger partial charge >= 0.3 is 0 Å². The van der Waals surface area contributed by atoms with Crippen LogP contribution in [0.3, 0.4) is 0 Å². The van der Waals surface area contributed by atoms with E-state index in [9.17, 15) is 0 Å². The van der Waals surface area contributed by atoms with Crippen molar-refractivity contribution in [2.75, 3.05) is 31.6 Å². The molecular formula is C13H27NPS+. The van der Waals surface area contributed by atoms with E-state index in [1.807, 2.05) is 0 Å². The van der Waals surface area contributed by atoms with Gasteiger partial charge in [-0.2, -0.15) is 0 Å². The van der Waals surface area contributed by atoms with E-state index < -0.39 is 6.46 Å². The van der Waals surface area contributed by atoms with Crippen molar-refractivity contribution in [2.24, 2.45) is 11.8 Å². The van der Waals surface area contributed by atoms with Crippen molar-refractivity contribution in [2.45, 2.75) is 40.0 Å². The minimum Gasteiger partial charge on any atom is -0.217 e. The van der Waals surface area contributed by atoms with Crippen LogP contribution in [-0.2, 0) is 0 Å². The predicted molar refractivity (Wildman–Crippen MR) is 78.5 cm³/mol. The molecule has 2 heterocycles. The highest BCUT2D eigenvalue weighted by molar-refractivity contribution is 8.61. The van der Waals surface area contributed by atoms with Gasteiger partial charge in [-0.15, -0.1) is 0 Å². The first-order valence-electron chi connectivity index (χ1n) is 6.90. The zero-order chi connectivity index (χ0) is 11.6. The van der Waals surface area contributed by atoms with Crippen molar-refractivity contribution < 1.29 is 0 Å². The third-order valence-corrected chi connectivity index (χ3v) is 11.6. The van der Waals surface area contributed by atoms with E-state index in [4.69, 9.17) is 0 Å². The summed E-state index contributed by atoms with van der Waals surface area (Å²) in [5.74, 6) is 1.92. The van der Waals surface area contributed by atoms with Crippen LogP contribution in [0.15, 0.2) is 0 Å². The highest BCUT2D eigenvalue weighted by Gasteiger charge is 2.52. The number of nitrogens with zero attached hydrogens (tertiary/aromatic N) is 1. The highest BCUT2D eigenvalue weighted by Crippen LogP contribution is 2.79. The van der Waals surface area contributed by atoms with E-state index in [2.05, 4.69) is 36.6 Å². The average Bonchev–Trinajstić information content (AvgIpc) is 2.16. The predicted octanol–water partition coefficient (Wildman–Crippen LogP) is 4.36. The van der Waals surface area contributed by atoms with Gasteiger partial charge in [0, 0.05) is 19.0 Å². The molecule has 2 aliphatic heterocycles. The van der Waals surface area contributed by atoms with E-state index in [0.29, 0.717) is 0 Å². The first-order chi connectivity index (χ1) is 7.60. The summed E-state index contributed by atoms with van der Waals surface area (Å²) in [4.78, 5) is 0. The monoisotopic (exact) mass is 260 g/mol. The molecule has 2 rings (SSSR count). The Morgan fingerprint density at radius 1 is 1.19 bits per heavy atom. The molecule has 0 unspecified atom stereocenters. The molecule has 2 fully saturated rings. The van der Waals surface area contributed by atoms with Crippen molar-refractivity contribution in [3.8, 4) is 0 Å². The number of piperidine rings is 1. The summed E-state index contributed by atoms with van der Waals surface area (Å²) in [7, 11) is 0. The van der Waals surface area contributed by atoms with Crippen molar-refractivity contribution in [3.63, 3.8) is 0 Å². The molecule has 3 heteroatoms. The molecule has 0 radical (unpaired) electrons. The molecule has 1 nitrogen and oxygen atoms in total. The lowest BCUT2D eigenvalue weighted by molar-refractivity contribution is 0.383. The van der Waals surface area contributed by atoms with Gasteiger partial charge in [-0.05, 0) is 18.8 Å². The third-order valence-electron chi connectivity index (χ3n) is 3.59. The van der Waals surface area contributed by atoms with E-state index >= 15 is 0 Å². The fourth-order valence-electron chi connectivity index (χ4n) is 3.19. The molecular weight excluding hydrogens is 233 g/mol. The van der Waals surface area contributed by atoms with Crippen LogP contribution in [0.4, 0.5) is 0 Å². The Morgan fingerprint density at radius 3 is 2.31 bits per heavy atom. The Hall–Kier alpha value is 0.740. The molecule has 0 bridgehead atoms. The smallest absolute Gasteiger partial charge is 0.104 e. The summed E-state index contributed by atoms with van der Waals surface area (Å²) in [6.07, 6.45) is 8.98. The molecule has 0 aromatic heterocycles. The molecule has 2 saturated heterocycles. The summed E-state index contributed by atoms with van der Waals surface area (Å²) in [5, 5.41) is 0.